The van der Waals surface area contributed by atoms with Gasteiger partial charge in [0.1, 0.15) is 0 Å². The van der Waals surface area contributed by atoms with Gasteiger partial charge in [-0.2, -0.15) is 0 Å². The van der Waals surface area contributed by atoms with Gasteiger partial charge in [0.15, 0.2) is 0 Å². The first-order chi connectivity index (χ1) is 6.83. The first-order valence-corrected chi connectivity index (χ1v) is 6.32. The third kappa shape index (κ3) is 5.23. The molecule has 1 aliphatic carbocycles. The first kappa shape index (κ1) is 12.4. The summed E-state index contributed by atoms with van der Waals surface area (Å²) in [5.41, 5.74) is 1.44. The number of hydrogen-bond donors (Lipinski definition) is 1. The van der Waals surface area contributed by atoms with E-state index < -0.39 is 0 Å². The van der Waals surface area contributed by atoms with Crippen molar-refractivity contribution in [1.29, 1.82) is 0 Å². The molecule has 1 saturated carbocycles. The molecule has 0 saturated heterocycles. The van der Waals surface area contributed by atoms with Crippen molar-refractivity contribution in [2.45, 2.75) is 51.0 Å². The van der Waals surface area contributed by atoms with Gasteiger partial charge in [-0.1, -0.05) is 55.3 Å². The molecule has 0 radical (unpaired) electrons. The summed E-state index contributed by atoms with van der Waals surface area (Å²) in [6, 6.07) is 0.640. The minimum Gasteiger partial charge on any atom is -0.309 e. The van der Waals surface area contributed by atoms with Crippen LogP contribution >= 0.6 is 23.2 Å². The second-order valence-corrected chi connectivity index (χ2v) is 4.68. The highest BCUT2D eigenvalue weighted by molar-refractivity contribution is 6.36. The minimum atomic E-state index is 0.640. The largest absolute Gasteiger partial charge is 0.309 e. The summed E-state index contributed by atoms with van der Waals surface area (Å²) in [4.78, 5) is 0. The summed E-state index contributed by atoms with van der Waals surface area (Å²) in [6.45, 7) is 0.718. The van der Waals surface area contributed by atoms with Gasteiger partial charge in [0.2, 0.25) is 0 Å². The molecule has 14 heavy (non-hydrogen) atoms. The molecule has 0 aromatic heterocycles. The predicted octanol–water partition coefficient (Wildman–Crippen LogP) is 4.01. The maximum atomic E-state index is 5.82. The Morgan fingerprint density at radius 1 is 1.14 bits per heavy atom. The van der Waals surface area contributed by atoms with Gasteiger partial charge >= 0.3 is 0 Å². The minimum absolute atomic E-state index is 0.640. The van der Waals surface area contributed by atoms with E-state index >= 15 is 0 Å². The third-order valence-corrected chi connectivity index (χ3v) is 3.40. The molecule has 0 spiro atoms. The SMILES string of the molecule is Cl/C=C(/Cl)CNC1CCCCCCC1. The van der Waals surface area contributed by atoms with E-state index in [9.17, 15) is 0 Å². The summed E-state index contributed by atoms with van der Waals surface area (Å²) in [7, 11) is 0. The Morgan fingerprint density at radius 2 is 1.71 bits per heavy atom. The number of hydrogen-bond acceptors (Lipinski definition) is 1. The maximum absolute atomic E-state index is 5.82. The van der Waals surface area contributed by atoms with E-state index in [1.807, 2.05) is 0 Å². The molecule has 0 aromatic carbocycles. The number of rotatable bonds is 3. The van der Waals surface area contributed by atoms with E-state index in [0.29, 0.717) is 11.1 Å². The highest BCUT2D eigenvalue weighted by Gasteiger charge is 2.10. The van der Waals surface area contributed by atoms with Crippen molar-refractivity contribution in [1.82, 2.24) is 5.32 Å². The second kappa shape index (κ2) is 7.56. The second-order valence-electron chi connectivity index (χ2n) is 3.98. The number of nitrogens with one attached hydrogen (secondary N) is 1. The van der Waals surface area contributed by atoms with Gasteiger partial charge in [-0.15, -0.1) is 0 Å². The van der Waals surface area contributed by atoms with E-state index in [2.05, 4.69) is 5.32 Å². The molecule has 0 heterocycles. The zero-order chi connectivity index (χ0) is 10.2. The van der Waals surface area contributed by atoms with Crippen LogP contribution in [0.2, 0.25) is 0 Å². The van der Waals surface area contributed by atoms with Crippen LogP contribution in [-0.2, 0) is 0 Å². The fraction of sp³-hybridized carbons (Fsp3) is 0.818. The van der Waals surface area contributed by atoms with Crippen molar-refractivity contribution >= 4 is 23.2 Å². The predicted molar refractivity (Wildman–Crippen MR) is 63.9 cm³/mol. The normalized spacial score (nSPS) is 21.7. The molecule has 0 aromatic rings. The summed E-state index contributed by atoms with van der Waals surface area (Å²) in [6.07, 6.45) is 9.45. The zero-order valence-corrected chi connectivity index (χ0v) is 10.1. The topological polar surface area (TPSA) is 12.0 Å². The quantitative estimate of drug-likeness (QED) is 0.780. The van der Waals surface area contributed by atoms with Crippen molar-refractivity contribution in [3.05, 3.63) is 10.6 Å². The van der Waals surface area contributed by atoms with Crippen molar-refractivity contribution in [2.24, 2.45) is 0 Å². The van der Waals surface area contributed by atoms with Crippen LogP contribution in [0.4, 0.5) is 0 Å². The molecule has 1 rings (SSSR count). The molecule has 1 fully saturated rings. The van der Waals surface area contributed by atoms with E-state index in [1.165, 1.54) is 50.5 Å². The van der Waals surface area contributed by atoms with Gasteiger partial charge in [-0.3, -0.25) is 0 Å². The van der Waals surface area contributed by atoms with E-state index in [0.717, 1.165) is 6.54 Å². The smallest absolute Gasteiger partial charge is 0.0431 e. The van der Waals surface area contributed by atoms with Crippen LogP contribution in [0, 0.1) is 0 Å². The van der Waals surface area contributed by atoms with Gasteiger partial charge in [0, 0.05) is 23.2 Å². The van der Waals surface area contributed by atoms with Gasteiger partial charge in [-0.05, 0) is 12.8 Å². The lowest BCUT2D eigenvalue weighted by molar-refractivity contribution is 0.401. The summed E-state index contributed by atoms with van der Waals surface area (Å²) >= 11 is 11.3. The Bertz CT molecular complexity index is 172. The van der Waals surface area contributed by atoms with Crippen LogP contribution in [-0.4, -0.2) is 12.6 Å². The molecule has 0 aliphatic heterocycles. The molecule has 0 bridgehead atoms. The molecule has 0 unspecified atom stereocenters. The van der Waals surface area contributed by atoms with Crippen molar-refractivity contribution in [3.8, 4) is 0 Å². The first-order valence-electron chi connectivity index (χ1n) is 5.51. The highest BCUT2D eigenvalue weighted by atomic mass is 35.5. The molecular weight excluding hydrogens is 217 g/mol. The summed E-state index contributed by atoms with van der Waals surface area (Å²) < 4.78 is 0. The van der Waals surface area contributed by atoms with Crippen LogP contribution in [0.5, 0.6) is 0 Å². The number of halogens is 2. The van der Waals surface area contributed by atoms with E-state index in [-0.39, 0.29) is 0 Å². The molecule has 1 N–H and O–H groups in total. The van der Waals surface area contributed by atoms with Gasteiger partial charge in [-0.25, -0.2) is 0 Å². The Hall–Kier alpha value is 0.280. The molecule has 82 valence electrons. The average Bonchev–Trinajstić information content (AvgIpc) is 2.15. The Labute approximate surface area is 96.8 Å². The lowest BCUT2D eigenvalue weighted by atomic mass is 9.97. The molecule has 0 atom stereocenters. The standard InChI is InChI=1S/C11H19Cl2N/c12-8-10(13)9-14-11-6-4-2-1-3-5-7-11/h8,11,14H,1-7,9H2/b10-8+. The Morgan fingerprint density at radius 3 is 2.29 bits per heavy atom. The van der Waals surface area contributed by atoms with Gasteiger partial charge in [0.25, 0.3) is 0 Å². The van der Waals surface area contributed by atoms with E-state index in [4.69, 9.17) is 23.2 Å². The van der Waals surface area contributed by atoms with Gasteiger partial charge in [0.05, 0.1) is 0 Å². The summed E-state index contributed by atoms with van der Waals surface area (Å²) in [5.74, 6) is 0. The fourth-order valence-corrected chi connectivity index (χ4v) is 2.09. The molecule has 1 nitrogen and oxygen atoms in total. The molecule has 0 amide bonds. The van der Waals surface area contributed by atoms with E-state index in [1.54, 1.807) is 0 Å². The molecular formula is C11H19Cl2N. The van der Waals surface area contributed by atoms with Gasteiger partial charge < -0.3 is 5.32 Å². The fourth-order valence-electron chi connectivity index (χ4n) is 1.94. The van der Waals surface area contributed by atoms with Crippen LogP contribution in [0.1, 0.15) is 44.9 Å². The van der Waals surface area contributed by atoms with Crippen LogP contribution in [0.25, 0.3) is 0 Å². The molecule has 1 aliphatic rings. The monoisotopic (exact) mass is 235 g/mol. The summed E-state index contributed by atoms with van der Waals surface area (Å²) in [5, 5.41) is 4.16. The third-order valence-electron chi connectivity index (χ3n) is 2.78. The van der Waals surface area contributed by atoms with Crippen LogP contribution in [0.15, 0.2) is 10.6 Å². The zero-order valence-electron chi connectivity index (χ0n) is 8.57. The average molecular weight is 236 g/mol. The molecule has 3 heteroatoms. The van der Waals surface area contributed by atoms with Crippen molar-refractivity contribution < 1.29 is 0 Å². The lowest BCUT2D eigenvalue weighted by Crippen LogP contribution is -2.30. The van der Waals surface area contributed by atoms with Crippen LogP contribution in [0.3, 0.4) is 0 Å². The maximum Gasteiger partial charge on any atom is 0.0431 e. The van der Waals surface area contributed by atoms with Crippen molar-refractivity contribution in [3.63, 3.8) is 0 Å². The lowest BCUT2D eigenvalue weighted by Gasteiger charge is -2.20. The van der Waals surface area contributed by atoms with Crippen molar-refractivity contribution in [2.75, 3.05) is 6.54 Å². The highest BCUT2D eigenvalue weighted by Crippen LogP contribution is 2.17. The Kier molecular flexibility index (Phi) is 6.67. The van der Waals surface area contributed by atoms with Crippen LogP contribution < -0.4 is 5.32 Å². The Balaban J connectivity index is 2.20.